The van der Waals surface area contributed by atoms with Crippen LogP contribution in [0.2, 0.25) is 0 Å². The number of thiazole rings is 1. The Bertz CT molecular complexity index is 1810. The molecule has 4 heterocycles. The fourth-order valence-electron chi connectivity index (χ4n) is 5.03. The van der Waals surface area contributed by atoms with E-state index >= 15 is 0 Å². The van der Waals surface area contributed by atoms with Gasteiger partial charge in [-0.3, -0.25) is 14.2 Å². The van der Waals surface area contributed by atoms with Crippen LogP contribution in [0.4, 0.5) is 13.2 Å². The molecule has 0 fully saturated rings. The van der Waals surface area contributed by atoms with Gasteiger partial charge in [0.1, 0.15) is 35.5 Å². The Labute approximate surface area is 228 Å². The first-order chi connectivity index (χ1) is 19.1. The zero-order valence-corrected chi connectivity index (χ0v) is 21.9. The fourth-order valence-corrected chi connectivity index (χ4v) is 6.11. The quantitative estimate of drug-likeness (QED) is 0.337. The predicted octanol–water partition coefficient (Wildman–Crippen LogP) is 4.05. The molecule has 2 aromatic carbocycles. The summed E-state index contributed by atoms with van der Waals surface area (Å²) in [5.41, 5.74) is -1.78. The van der Waals surface area contributed by atoms with Crippen LogP contribution in [0.3, 0.4) is 0 Å². The van der Waals surface area contributed by atoms with E-state index < -0.39 is 35.4 Å². The Morgan fingerprint density at radius 3 is 2.75 bits per heavy atom. The van der Waals surface area contributed by atoms with Crippen molar-refractivity contribution >= 4 is 23.4 Å². The summed E-state index contributed by atoms with van der Waals surface area (Å²) in [7, 11) is 1.28. The van der Waals surface area contributed by atoms with E-state index in [1.807, 2.05) is 0 Å². The van der Waals surface area contributed by atoms with Crippen molar-refractivity contribution in [1.29, 1.82) is 0 Å². The molecule has 40 heavy (non-hydrogen) atoms. The number of carbonyl (C=O) groups is 1. The molecule has 2 aliphatic heterocycles. The molecule has 2 aromatic heterocycles. The van der Waals surface area contributed by atoms with E-state index in [0.717, 1.165) is 23.5 Å². The number of aromatic nitrogens is 1. The summed E-state index contributed by atoms with van der Waals surface area (Å²) in [6, 6.07) is 14.3. The van der Waals surface area contributed by atoms with Crippen LogP contribution in [0.1, 0.15) is 35.6 Å². The first kappa shape index (κ1) is 25.9. The van der Waals surface area contributed by atoms with Gasteiger partial charge in [0.25, 0.3) is 5.56 Å². The van der Waals surface area contributed by atoms with Crippen LogP contribution in [0.15, 0.2) is 74.9 Å². The number of methoxy groups -OCH3 is 1. The highest BCUT2D eigenvalue weighted by Gasteiger charge is 2.55. The van der Waals surface area contributed by atoms with Gasteiger partial charge in [0.05, 0.1) is 23.2 Å². The molecular weight excluding hydrogens is 549 g/mol. The van der Waals surface area contributed by atoms with Crippen molar-refractivity contribution < 1.29 is 36.6 Å². The molecule has 0 amide bonds. The van der Waals surface area contributed by atoms with Crippen LogP contribution in [0, 0.1) is 5.92 Å². The van der Waals surface area contributed by atoms with E-state index in [0.29, 0.717) is 32.2 Å². The van der Waals surface area contributed by atoms with E-state index in [4.69, 9.17) is 18.6 Å². The lowest BCUT2D eigenvalue weighted by atomic mass is 9.81. The Morgan fingerprint density at radius 2 is 1.98 bits per heavy atom. The minimum atomic E-state index is -4.48. The van der Waals surface area contributed by atoms with Gasteiger partial charge in [0.2, 0.25) is 5.72 Å². The number of carbonyl (C=O) groups excluding carboxylic acids is 1. The number of fused-ring (bicyclic) bond motifs is 6. The number of hydrogen-bond acceptors (Lipinski definition) is 8. The van der Waals surface area contributed by atoms with Gasteiger partial charge in [-0.1, -0.05) is 35.6 Å². The van der Waals surface area contributed by atoms with Crippen LogP contribution in [-0.4, -0.2) is 23.4 Å². The minimum absolute atomic E-state index is 0.0461. The summed E-state index contributed by atoms with van der Waals surface area (Å²) in [5, 5.41) is 0. The zero-order chi connectivity index (χ0) is 28.2. The largest absolute Gasteiger partial charge is 0.486 e. The van der Waals surface area contributed by atoms with E-state index in [1.54, 1.807) is 49.4 Å². The normalized spacial score (nSPS) is 21.6. The monoisotopic (exact) mass is 570 g/mol. The molecule has 0 spiro atoms. The maximum Gasteiger partial charge on any atom is 0.416 e. The second-order valence-corrected chi connectivity index (χ2v) is 10.4. The van der Waals surface area contributed by atoms with Crippen molar-refractivity contribution in [1.82, 2.24) is 4.57 Å². The summed E-state index contributed by atoms with van der Waals surface area (Å²) in [5.74, 6) is -0.158. The Balaban J connectivity index is 1.33. The molecule has 0 saturated heterocycles. The van der Waals surface area contributed by atoms with Gasteiger partial charge < -0.3 is 18.6 Å². The lowest BCUT2D eigenvalue weighted by Crippen LogP contribution is -2.58. The van der Waals surface area contributed by atoms with Gasteiger partial charge in [-0.05, 0) is 43.3 Å². The summed E-state index contributed by atoms with van der Waals surface area (Å²) in [6.45, 7) is 1.58. The molecule has 206 valence electrons. The number of rotatable bonds is 5. The number of ether oxygens (including phenoxy) is 3. The van der Waals surface area contributed by atoms with Crippen molar-refractivity contribution in [2.45, 2.75) is 31.5 Å². The molecule has 12 heteroatoms. The van der Waals surface area contributed by atoms with Crippen LogP contribution < -0.4 is 24.4 Å². The SMILES string of the molecule is COC(=O)C1C2c3ccccc3OC1(C)N=c1sc(=Cc3ccc(COc4cccc(C(F)(F)F)c4)o3)c(=O)n12. The smallest absolute Gasteiger partial charge is 0.416 e. The molecular formula is C28H21F3N2O6S. The van der Waals surface area contributed by atoms with E-state index in [9.17, 15) is 22.8 Å². The molecule has 8 nitrogen and oxygen atoms in total. The second-order valence-electron chi connectivity index (χ2n) is 9.44. The summed E-state index contributed by atoms with van der Waals surface area (Å²) >= 11 is 1.13. The highest BCUT2D eigenvalue weighted by molar-refractivity contribution is 7.07. The Hall–Kier alpha value is -4.32. The van der Waals surface area contributed by atoms with Gasteiger partial charge >= 0.3 is 12.1 Å². The zero-order valence-electron chi connectivity index (χ0n) is 21.1. The van der Waals surface area contributed by atoms with Crippen LogP contribution in [0.5, 0.6) is 11.5 Å². The third kappa shape index (κ3) is 4.37. The lowest BCUT2D eigenvalue weighted by Gasteiger charge is -2.44. The highest BCUT2D eigenvalue weighted by Crippen LogP contribution is 2.47. The summed E-state index contributed by atoms with van der Waals surface area (Å²) in [6.07, 6.45) is -2.93. The van der Waals surface area contributed by atoms with Crippen LogP contribution in [0.25, 0.3) is 6.08 Å². The molecule has 3 unspecified atom stereocenters. The maximum absolute atomic E-state index is 13.7. The molecule has 6 rings (SSSR count). The Kier molecular flexibility index (Phi) is 6.10. The number of para-hydroxylation sites is 1. The number of furan rings is 1. The van der Waals surface area contributed by atoms with Crippen molar-refractivity contribution in [2.75, 3.05) is 7.11 Å². The molecule has 2 bridgehead atoms. The van der Waals surface area contributed by atoms with Gasteiger partial charge in [-0.2, -0.15) is 13.2 Å². The lowest BCUT2D eigenvalue weighted by molar-refractivity contribution is -0.158. The van der Waals surface area contributed by atoms with Crippen LogP contribution in [-0.2, 0) is 22.3 Å². The first-order valence-electron chi connectivity index (χ1n) is 12.1. The fraction of sp³-hybridized carbons (Fsp3) is 0.250. The molecule has 0 N–H and O–H groups in total. The number of hydrogen-bond donors (Lipinski definition) is 0. The number of esters is 1. The molecule has 4 aromatic rings. The van der Waals surface area contributed by atoms with Gasteiger partial charge in [0, 0.05) is 11.6 Å². The molecule has 3 atom stereocenters. The first-order valence-corrected chi connectivity index (χ1v) is 13.0. The standard InChI is InChI=1S/C28H21F3N2O6S/c1-27-22(25(35)36-2)23(19-8-3-4-9-20(19)39-27)33-24(34)21(40-26(33)32-27)13-17-10-11-18(38-17)14-37-16-7-5-6-15(12-16)28(29,30)31/h3-13,22-23H,14H2,1-2H3. The van der Waals surface area contributed by atoms with Crippen molar-refractivity contribution in [3.8, 4) is 11.5 Å². The number of nitrogens with zero attached hydrogens (tertiary/aromatic N) is 2. The molecule has 0 saturated carbocycles. The maximum atomic E-state index is 13.7. The Morgan fingerprint density at radius 1 is 1.18 bits per heavy atom. The van der Waals surface area contributed by atoms with E-state index in [2.05, 4.69) is 4.99 Å². The van der Waals surface area contributed by atoms with Crippen molar-refractivity contribution in [2.24, 2.45) is 10.9 Å². The molecule has 2 aliphatic rings. The van der Waals surface area contributed by atoms with Gasteiger partial charge in [0.15, 0.2) is 4.80 Å². The minimum Gasteiger partial charge on any atom is -0.486 e. The number of halogens is 3. The number of benzene rings is 2. The highest BCUT2D eigenvalue weighted by atomic mass is 32.1. The average molecular weight is 571 g/mol. The summed E-state index contributed by atoms with van der Waals surface area (Å²) in [4.78, 5) is 31.6. The molecule has 0 aliphatic carbocycles. The topological polar surface area (TPSA) is 92.3 Å². The second kappa shape index (κ2) is 9.40. The van der Waals surface area contributed by atoms with Crippen LogP contribution >= 0.6 is 11.3 Å². The van der Waals surface area contributed by atoms with Gasteiger partial charge in [-0.25, -0.2) is 4.99 Å². The third-order valence-corrected chi connectivity index (χ3v) is 7.82. The average Bonchev–Trinajstić information content (AvgIpc) is 3.49. The van der Waals surface area contributed by atoms with Crippen molar-refractivity contribution in [3.05, 3.63) is 103 Å². The van der Waals surface area contributed by atoms with E-state index in [-0.39, 0.29) is 17.9 Å². The third-order valence-electron chi connectivity index (χ3n) is 6.83. The molecule has 0 radical (unpaired) electrons. The number of alkyl halides is 3. The van der Waals surface area contributed by atoms with E-state index in [1.165, 1.54) is 23.8 Å². The van der Waals surface area contributed by atoms with Gasteiger partial charge in [-0.15, -0.1) is 0 Å². The summed E-state index contributed by atoms with van der Waals surface area (Å²) < 4.78 is 63.2. The van der Waals surface area contributed by atoms with Crippen molar-refractivity contribution in [3.63, 3.8) is 0 Å². The predicted molar refractivity (Wildman–Crippen MR) is 137 cm³/mol.